The molecule has 0 aliphatic heterocycles. The number of nitrogen functional groups attached to an aromatic ring is 1. The summed E-state index contributed by atoms with van der Waals surface area (Å²) in [5.74, 6) is 0. The minimum Gasteiger partial charge on any atom is -0.397 e. The quantitative estimate of drug-likeness (QED) is 0.585. The molecule has 0 unspecified atom stereocenters. The van der Waals surface area contributed by atoms with Crippen LogP contribution in [0.2, 0.25) is 0 Å². The second-order valence-corrected chi connectivity index (χ2v) is 3.44. The van der Waals surface area contributed by atoms with E-state index in [4.69, 9.17) is 10.5 Å². The summed E-state index contributed by atoms with van der Waals surface area (Å²) in [6.45, 7) is 1.53. The van der Waals surface area contributed by atoms with Gasteiger partial charge in [0.05, 0.1) is 11.4 Å². The lowest BCUT2D eigenvalue weighted by atomic mass is 10.2. The molecule has 0 radical (unpaired) electrons. The zero-order valence-electron chi connectivity index (χ0n) is 9.06. The van der Waals surface area contributed by atoms with Gasteiger partial charge in [0.15, 0.2) is 11.0 Å². The monoisotopic (exact) mass is 222 g/mol. The first-order chi connectivity index (χ1) is 7.83. The number of hydrogen-bond acceptors (Lipinski definition) is 6. The van der Waals surface area contributed by atoms with Crippen LogP contribution in [0.5, 0.6) is 0 Å². The predicted molar refractivity (Wildman–Crippen MR) is 61.2 cm³/mol. The average molecular weight is 222 g/mol. The Hall–Kier alpha value is -1.82. The summed E-state index contributed by atoms with van der Waals surface area (Å²) < 4.78 is 9.63. The molecular formula is C10H14N4O2. The number of nitrogens with two attached hydrogens (primary N) is 1. The highest BCUT2D eigenvalue weighted by Gasteiger charge is 2.08. The molecule has 0 saturated heterocycles. The van der Waals surface area contributed by atoms with E-state index in [-0.39, 0.29) is 0 Å². The van der Waals surface area contributed by atoms with Crippen LogP contribution in [-0.2, 0) is 4.74 Å². The Morgan fingerprint density at radius 1 is 1.38 bits per heavy atom. The van der Waals surface area contributed by atoms with Crippen LogP contribution in [0, 0.1) is 0 Å². The van der Waals surface area contributed by atoms with Gasteiger partial charge in [0.1, 0.15) is 0 Å². The molecule has 0 aliphatic rings. The van der Waals surface area contributed by atoms with Crippen LogP contribution in [0.25, 0.3) is 11.0 Å². The van der Waals surface area contributed by atoms with E-state index in [1.165, 1.54) is 0 Å². The summed E-state index contributed by atoms with van der Waals surface area (Å²) in [5, 5.41) is 10.8. The number of nitrogens with zero attached hydrogens (tertiary/aromatic N) is 2. The molecular weight excluding hydrogens is 208 g/mol. The SMILES string of the molecule is COCCCNc1ccc(N)c2nonc12. The van der Waals surface area contributed by atoms with Crippen LogP contribution >= 0.6 is 0 Å². The molecule has 0 atom stereocenters. The summed E-state index contributed by atoms with van der Waals surface area (Å²) >= 11 is 0. The van der Waals surface area contributed by atoms with Gasteiger partial charge in [-0.25, -0.2) is 4.63 Å². The third kappa shape index (κ3) is 2.06. The molecule has 86 valence electrons. The van der Waals surface area contributed by atoms with Gasteiger partial charge in [-0.2, -0.15) is 0 Å². The molecule has 1 heterocycles. The summed E-state index contributed by atoms with van der Waals surface area (Å²) in [4.78, 5) is 0. The molecule has 2 aromatic rings. The lowest BCUT2D eigenvalue weighted by Gasteiger charge is -2.06. The largest absolute Gasteiger partial charge is 0.397 e. The highest BCUT2D eigenvalue weighted by atomic mass is 16.6. The van der Waals surface area contributed by atoms with E-state index in [9.17, 15) is 0 Å². The number of fused-ring (bicyclic) bond motifs is 1. The van der Waals surface area contributed by atoms with Crippen molar-refractivity contribution in [2.24, 2.45) is 0 Å². The van der Waals surface area contributed by atoms with Crippen LogP contribution in [0.4, 0.5) is 11.4 Å². The smallest absolute Gasteiger partial charge is 0.160 e. The highest BCUT2D eigenvalue weighted by Crippen LogP contribution is 2.24. The number of ether oxygens (including phenoxy) is 1. The van der Waals surface area contributed by atoms with Gasteiger partial charge in [0.2, 0.25) is 0 Å². The fraction of sp³-hybridized carbons (Fsp3) is 0.400. The Morgan fingerprint density at radius 3 is 3.00 bits per heavy atom. The molecule has 0 fully saturated rings. The number of hydrogen-bond donors (Lipinski definition) is 2. The first-order valence-corrected chi connectivity index (χ1v) is 5.06. The van der Waals surface area contributed by atoms with Crippen molar-refractivity contribution in [3.8, 4) is 0 Å². The molecule has 1 aromatic carbocycles. The van der Waals surface area contributed by atoms with E-state index in [1.54, 1.807) is 13.2 Å². The molecule has 6 heteroatoms. The van der Waals surface area contributed by atoms with E-state index < -0.39 is 0 Å². The number of rotatable bonds is 5. The van der Waals surface area contributed by atoms with Gasteiger partial charge in [-0.15, -0.1) is 0 Å². The van der Waals surface area contributed by atoms with Crippen molar-refractivity contribution in [2.75, 3.05) is 31.3 Å². The Morgan fingerprint density at radius 2 is 2.19 bits per heavy atom. The number of anilines is 2. The maximum Gasteiger partial charge on any atom is 0.160 e. The second kappa shape index (κ2) is 4.80. The Labute approximate surface area is 92.7 Å². The normalized spacial score (nSPS) is 10.8. The maximum atomic E-state index is 5.74. The van der Waals surface area contributed by atoms with Crippen LogP contribution in [0.3, 0.4) is 0 Å². The summed E-state index contributed by atoms with van der Waals surface area (Å²) in [6.07, 6.45) is 0.924. The molecule has 0 aliphatic carbocycles. The lowest BCUT2D eigenvalue weighted by Crippen LogP contribution is -2.05. The van der Waals surface area contributed by atoms with Crippen molar-refractivity contribution < 1.29 is 9.37 Å². The minimum atomic E-state index is 0.568. The van der Waals surface area contributed by atoms with Crippen molar-refractivity contribution in [3.63, 3.8) is 0 Å². The topological polar surface area (TPSA) is 86.2 Å². The zero-order chi connectivity index (χ0) is 11.4. The van der Waals surface area contributed by atoms with E-state index in [0.717, 1.165) is 25.3 Å². The van der Waals surface area contributed by atoms with Gasteiger partial charge in [-0.1, -0.05) is 0 Å². The molecule has 3 N–H and O–H groups in total. The average Bonchev–Trinajstić information content (AvgIpc) is 2.77. The van der Waals surface area contributed by atoms with Crippen molar-refractivity contribution in [1.82, 2.24) is 10.3 Å². The third-order valence-corrected chi connectivity index (χ3v) is 2.29. The van der Waals surface area contributed by atoms with Gasteiger partial charge in [0.25, 0.3) is 0 Å². The van der Waals surface area contributed by atoms with Crippen LogP contribution < -0.4 is 11.1 Å². The Bertz CT molecular complexity index is 469. The van der Waals surface area contributed by atoms with Crippen LogP contribution in [0.15, 0.2) is 16.8 Å². The Balaban J connectivity index is 2.12. The predicted octanol–water partition coefficient (Wildman–Crippen LogP) is 1.25. The van der Waals surface area contributed by atoms with Crippen molar-refractivity contribution >= 4 is 22.4 Å². The fourth-order valence-electron chi connectivity index (χ4n) is 1.47. The highest BCUT2D eigenvalue weighted by molar-refractivity contribution is 5.94. The molecule has 1 aromatic heterocycles. The van der Waals surface area contributed by atoms with Gasteiger partial charge in [0, 0.05) is 20.3 Å². The van der Waals surface area contributed by atoms with E-state index in [2.05, 4.69) is 20.3 Å². The number of benzene rings is 1. The molecule has 6 nitrogen and oxygen atoms in total. The number of nitrogens with one attached hydrogen (secondary N) is 1. The number of aromatic nitrogens is 2. The van der Waals surface area contributed by atoms with Crippen LogP contribution in [-0.4, -0.2) is 30.6 Å². The Kier molecular flexibility index (Phi) is 3.21. The fourth-order valence-corrected chi connectivity index (χ4v) is 1.47. The maximum absolute atomic E-state index is 5.74. The van der Waals surface area contributed by atoms with Gasteiger partial charge in [-0.05, 0) is 28.9 Å². The first kappa shape index (κ1) is 10.7. The molecule has 0 bridgehead atoms. The minimum absolute atomic E-state index is 0.568. The molecule has 0 saturated carbocycles. The van der Waals surface area contributed by atoms with E-state index >= 15 is 0 Å². The van der Waals surface area contributed by atoms with Crippen molar-refractivity contribution in [3.05, 3.63) is 12.1 Å². The van der Waals surface area contributed by atoms with Crippen molar-refractivity contribution in [1.29, 1.82) is 0 Å². The molecule has 0 spiro atoms. The summed E-state index contributed by atoms with van der Waals surface area (Å²) in [7, 11) is 1.68. The van der Waals surface area contributed by atoms with Crippen molar-refractivity contribution in [2.45, 2.75) is 6.42 Å². The van der Waals surface area contributed by atoms with Gasteiger partial charge in [-0.3, -0.25) is 0 Å². The standard InChI is InChI=1S/C10H14N4O2/c1-15-6-2-5-12-8-4-3-7(11)9-10(8)14-16-13-9/h3-4,12H,2,5-6,11H2,1H3. The lowest BCUT2D eigenvalue weighted by molar-refractivity contribution is 0.198. The van der Waals surface area contributed by atoms with Gasteiger partial charge < -0.3 is 15.8 Å². The molecule has 16 heavy (non-hydrogen) atoms. The van der Waals surface area contributed by atoms with Crippen LogP contribution in [0.1, 0.15) is 6.42 Å². The third-order valence-electron chi connectivity index (χ3n) is 2.29. The summed E-state index contributed by atoms with van der Waals surface area (Å²) in [5.41, 5.74) is 8.44. The van der Waals surface area contributed by atoms with E-state index in [0.29, 0.717) is 16.7 Å². The first-order valence-electron chi connectivity index (χ1n) is 5.06. The molecule has 2 rings (SSSR count). The second-order valence-electron chi connectivity index (χ2n) is 3.44. The van der Waals surface area contributed by atoms with E-state index in [1.807, 2.05) is 6.07 Å². The number of methoxy groups -OCH3 is 1. The molecule has 0 amide bonds. The van der Waals surface area contributed by atoms with Gasteiger partial charge >= 0.3 is 0 Å². The zero-order valence-corrected chi connectivity index (χ0v) is 9.06. The summed E-state index contributed by atoms with van der Waals surface area (Å²) in [6, 6.07) is 3.65.